The van der Waals surface area contributed by atoms with Crippen molar-refractivity contribution in [1.82, 2.24) is 0 Å². The Balaban J connectivity index is 3.21. The van der Waals surface area contributed by atoms with Crippen LogP contribution in [0, 0.1) is 25.2 Å². The van der Waals surface area contributed by atoms with E-state index in [9.17, 15) is 8.42 Å². The lowest BCUT2D eigenvalue weighted by molar-refractivity contribution is 0.250. The Labute approximate surface area is 107 Å². The molecular weight excluding hydrogens is 252 g/mol. The minimum atomic E-state index is -3.73. The second-order valence-electron chi connectivity index (χ2n) is 4.07. The number of nitrogens with zero attached hydrogens (tertiary/aromatic N) is 1. The second-order valence-corrected chi connectivity index (χ2v) is 5.60. The Bertz CT molecular complexity index is 588. The zero-order valence-electron chi connectivity index (χ0n) is 10.6. The van der Waals surface area contributed by atoms with Crippen molar-refractivity contribution in [2.24, 2.45) is 5.14 Å². The first kappa shape index (κ1) is 14.5. The zero-order chi connectivity index (χ0) is 13.9. The summed E-state index contributed by atoms with van der Waals surface area (Å²) in [6.45, 7) is 5.20. The molecule has 0 saturated carbocycles. The third-order valence-electron chi connectivity index (χ3n) is 2.56. The van der Waals surface area contributed by atoms with Crippen molar-refractivity contribution < 1.29 is 13.2 Å². The number of aryl methyl sites for hydroxylation is 2. The van der Waals surface area contributed by atoms with Crippen LogP contribution >= 0.6 is 0 Å². The van der Waals surface area contributed by atoms with Gasteiger partial charge in [-0.05, 0) is 43.5 Å². The van der Waals surface area contributed by atoms with E-state index in [0.717, 1.165) is 0 Å². The highest BCUT2D eigenvalue weighted by Gasteiger charge is 2.16. The highest BCUT2D eigenvalue weighted by molar-refractivity contribution is 7.89. The van der Waals surface area contributed by atoms with Gasteiger partial charge in [0.1, 0.15) is 11.8 Å². The molecule has 0 radical (unpaired) electrons. The van der Waals surface area contributed by atoms with Crippen LogP contribution < -0.4 is 9.88 Å². The Hall–Kier alpha value is -1.58. The minimum Gasteiger partial charge on any atom is -0.475 e. The fourth-order valence-corrected chi connectivity index (χ4v) is 2.40. The van der Waals surface area contributed by atoms with Gasteiger partial charge in [0.25, 0.3) is 0 Å². The summed E-state index contributed by atoms with van der Waals surface area (Å²) in [5.74, 6) is 0.508. The maximum atomic E-state index is 11.3. The average molecular weight is 268 g/mol. The third-order valence-corrected chi connectivity index (χ3v) is 3.62. The Morgan fingerprint density at radius 2 is 2.00 bits per heavy atom. The van der Waals surface area contributed by atoms with E-state index in [2.05, 4.69) is 0 Å². The SMILES string of the molecule is CCC(C#N)Oc1cc(C)c(S(N)(=O)=O)cc1C. The summed E-state index contributed by atoms with van der Waals surface area (Å²) < 4.78 is 28.2. The van der Waals surface area contributed by atoms with Gasteiger partial charge in [0, 0.05) is 0 Å². The summed E-state index contributed by atoms with van der Waals surface area (Å²) in [5, 5.41) is 13.9. The van der Waals surface area contributed by atoms with Gasteiger partial charge in [-0.3, -0.25) is 0 Å². The molecule has 0 aliphatic rings. The van der Waals surface area contributed by atoms with Crippen molar-refractivity contribution in [3.63, 3.8) is 0 Å². The molecule has 98 valence electrons. The number of sulfonamides is 1. The van der Waals surface area contributed by atoms with Gasteiger partial charge in [-0.2, -0.15) is 5.26 Å². The predicted molar refractivity (Wildman–Crippen MR) is 67.6 cm³/mol. The zero-order valence-corrected chi connectivity index (χ0v) is 11.4. The summed E-state index contributed by atoms with van der Waals surface area (Å²) in [4.78, 5) is 0.0809. The molecule has 18 heavy (non-hydrogen) atoms. The standard InChI is InChI=1S/C12H16N2O3S/c1-4-10(7-13)17-11-5-9(3)12(6-8(11)2)18(14,15)16/h5-6,10H,4H2,1-3H3,(H2,14,15,16). The van der Waals surface area contributed by atoms with Crippen molar-refractivity contribution in [3.8, 4) is 11.8 Å². The molecule has 1 unspecified atom stereocenters. The monoisotopic (exact) mass is 268 g/mol. The van der Waals surface area contributed by atoms with Gasteiger partial charge in [-0.25, -0.2) is 13.6 Å². The molecule has 1 aromatic carbocycles. The van der Waals surface area contributed by atoms with Gasteiger partial charge in [0.15, 0.2) is 6.10 Å². The van der Waals surface area contributed by atoms with Gasteiger partial charge in [-0.15, -0.1) is 0 Å². The van der Waals surface area contributed by atoms with Crippen LogP contribution in [0.4, 0.5) is 0 Å². The van der Waals surface area contributed by atoms with Crippen LogP contribution in [0.15, 0.2) is 17.0 Å². The van der Waals surface area contributed by atoms with Crippen LogP contribution in [0.3, 0.4) is 0 Å². The lowest BCUT2D eigenvalue weighted by Crippen LogP contribution is -2.16. The molecule has 2 N–H and O–H groups in total. The first-order valence-electron chi connectivity index (χ1n) is 5.50. The van der Waals surface area contributed by atoms with E-state index >= 15 is 0 Å². The lowest BCUT2D eigenvalue weighted by atomic mass is 10.1. The van der Waals surface area contributed by atoms with Gasteiger partial charge in [-0.1, -0.05) is 6.92 Å². The Morgan fingerprint density at radius 3 is 2.44 bits per heavy atom. The topological polar surface area (TPSA) is 93.2 Å². The second kappa shape index (κ2) is 5.38. The largest absolute Gasteiger partial charge is 0.475 e. The fourth-order valence-electron chi connectivity index (χ4n) is 1.55. The number of primary sulfonamides is 1. The van der Waals surface area contributed by atoms with Crippen LogP contribution in [-0.4, -0.2) is 14.5 Å². The predicted octanol–water partition coefficient (Wildman–Crippen LogP) is 1.63. The molecule has 0 aliphatic carbocycles. The molecular formula is C12H16N2O3S. The molecule has 0 bridgehead atoms. The van der Waals surface area contributed by atoms with Crippen LogP contribution in [0.1, 0.15) is 24.5 Å². The number of rotatable bonds is 4. The normalized spacial score (nSPS) is 12.8. The van der Waals surface area contributed by atoms with Crippen molar-refractivity contribution in [2.75, 3.05) is 0 Å². The maximum Gasteiger partial charge on any atom is 0.238 e. The van der Waals surface area contributed by atoms with E-state index in [-0.39, 0.29) is 4.90 Å². The van der Waals surface area contributed by atoms with E-state index in [0.29, 0.717) is 23.3 Å². The molecule has 0 amide bonds. The molecule has 1 atom stereocenters. The van der Waals surface area contributed by atoms with Crippen LogP contribution in [0.25, 0.3) is 0 Å². The first-order chi connectivity index (χ1) is 8.29. The van der Waals surface area contributed by atoms with E-state index in [1.54, 1.807) is 19.9 Å². The van der Waals surface area contributed by atoms with Crippen LogP contribution in [-0.2, 0) is 10.0 Å². The van der Waals surface area contributed by atoms with E-state index in [1.165, 1.54) is 6.07 Å². The van der Waals surface area contributed by atoms with Gasteiger partial charge in [0.2, 0.25) is 10.0 Å². The molecule has 0 aliphatic heterocycles. The quantitative estimate of drug-likeness (QED) is 0.898. The number of hydrogen-bond acceptors (Lipinski definition) is 4. The highest BCUT2D eigenvalue weighted by atomic mass is 32.2. The average Bonchev–Trinajstić information content (AvgIpc) is 2.28. The molecule has 0 spiro atoms. The Kier molecular flexibility index (Phi) is 4.33. The molecule has 0 saturated heterocycles. The number of hydrogen-bond donors (Lipinski definition) is 1. The van der Waals surface area contributed by atoms with Crippen molar-refractivity contribution in [2.45, 2.75) is 38.2 Å². The third kappa shape index (κ3) is 3.22. The molecule has 6 heteroatoms. The summed E-state index contributed by atoms with van der Waals surface area (Å²) >= 11 is 0. The number of nitrogens with two attached hydrogens (primary N) is 1. The molecule has 0 fully saturated rings. The van der Waals surface area contributed by atoms with Crippen molar-refractivity contribution in [3.05, 3.63) is 23.3 Å². The molecule has 1 aromatic rings. The summed E-state index contributed by atoms with van der Waals surface area (Å²) in [5.41, 5.74) is 1.14. The van der Waals surface area contributed by atoms with Gasteiger partial charge < -0.3 is 4.74 Å². The number of nitriles is 1. The van der Waals surface area contributed by atoms with Gasteiger partial charge in [0.05, 0.1) is 4.90 Å². The maximum absolute atomic E-state index is 11.3. The van der Waals surface area contributed by atoms with Gasteiger partial charge >= 0.3 is 0 Å². The van der Waals surface area contributed by atoms with Crippen molar-refractivity contribution in [1.29, 1.82) is 5.26 Å². The molecule has 0 aromatic heterocycles. The smallest absolute Gasteiger partial charge is 0.238 e. The summed E-state index contributed by atoms with van der Waals surface area (Å²) in [6.07, 6.45) is 0.0229. The highest BCUT2D eigenvalue weighted by Crippen LogP contribution is 2.26. The van der Waals surface area contributed by atoms with Crippen LogP contribution in [0.2, 0.25) is 0 Å². The number of ether oxygens (including phenoxy) is 1. The van der Waals surface area contributed by atoms with E-state index in [1.807, 2.05) is 13.0 Å². The van der Waals surface area contributed by atoms with E-state index in [4.69, 9.17) is 15.1 Å². The molecule has 1 rings (SSSR count). The van der Waals surface area contributed by atoms with Crippen molar-refractivity contribution >= 4 is 10.0 Å². The fraction of sp³-hybridized carbons (Fsp3) is 0.417. The molecule has 5 nitrogen and oxygen atoms in total. The number of benzene rings is 1. The minimum absolute atomic E-state index is 0.0809. The lowest BCUT2D eigenvalue weighted by Gasteiger charge is -2.15. The Morgan fingerprint density at radius 1 is 1.39 bits per heavy atom. The summed E-state index contributed by atoms with van der Waals surface area (Å²) in [6, 6.07) is 5.08. The summed E-state index contributed by atoms with van der Waals surface area (Å²) in [7, 11) is -3.73. The first-order valence-corrected chi connectivity index (χ1v) is 7.04. The molecule has 0 heterocycles. The van der Waals surface area contributed by atoms with E-state index < -0.39 is 16.1 Å². The van der Waals surface area contributed by atoms with Crippen LogP contribution in [0.5, 0.6) is 5.75 Å².